The lowest BCUT2D eigenvalue weighted by atomic mass is 9.77. The lowest BCUT2D eigenvalue weighted by Gasteiger charge is -2.44. The summed E-state index contributed by atoms with van der Waals surface area (Å²) in [5, 5.41) is 17.0. The number of halogens is 2. The Morgan fingerprint density at radius 2 is 1.77 bits per heavy atom. The molecule has 2 fully saturated rings. The van der Waals surface area contributed by atoms with Gasteiger partial charge < -0.3 is 10.6 Å². The minimum atomic E-state index is -3.37. The van der Waals surface area contributed by atoms with Crippen molar-refractivity contribution in [2.75, 3.05) is 36.5 Å². The Balaban J connectivity index is 1.48. The summed E-state index contributed by atoms with van der Waals surface area (Å²) < 4.78 is 56.9. The number of rotatable bonds is 1. The van der Waals surface area contributed by atoms with Crippen molar-refractivity contribution < 1.29 is 22.0 Å². The molecule has 14 heteroatoms. The van der Waals surface area contributed by atoms with Crippen LogP contribution in [0.5, 0.6) is 0 Å². The van der Waals surface area contributed by atoms with E-state index in [0.29, 0.717) is 42.0 Å². The molecule has 0 spiro atoms. The van der Waals surface area contributed by atoms with Crippen LogP contribution in [0.1, 0.15) is 74.5 Å². The number of anilines is 1. The number of carbonyl (C=O) groups is 1. The van der Waals surface area contributed by atoms with E-state index in [2.05, 4.69) is 31.6 Å². The Morgan fingerprint density at radius 1 is 1.04 bits per heavy atom. The van der Waals surface area contributed by atoms with Crippen LogP contribution in [0.4, 0.5) is 14.6 Å². The minimum Gasteiger partial charge on any atom is -0.363 e. The van der Waals surface area contributed by atoms with Crippen LogP contribution in [0.25, 0.3) is 11.0 Å². The predicted octanol–water partition coefficient (Wildman–Crippen LogP) is 3.96. The van der Waals surface area contributed by atoms with Crippen molar-refractivity contribution in [1.29, 1.82) is 5.26 Å². The predicted molar refractivity (Wildman–Crippen MR) is 177 cm³/mol. The zero-order valence-electron chi connectivity index (χ0n) is 27.4. The Kier molecular flexibility index (Phi) is 9.06. The molecule has 2 aromatic heterocycles. The Labute approximate surface area is 278 Å². The number of aryl methyl sites for hydroxylation is 1. The molecule has 4 aliphatic rings. The van der Waals surface area contributed by atoms with E-state index in [1.165, 1.54) is 22.8 Å². The zero-order chi connectivity index (χ0) is 34.4. The highest BCUT2D eigenvalue weighted by Crippen LogP contribution is 2.39. The van der Waals surface area contributed by atoms with Gasteiger partial charge in [-0.25, -0.2) is 27.2 Å². The van der Waals surface area contributed by atoms with Crippen LogP contribution in [0.3, 0.4) is 0 Å². The molecule has 1 unspecified atom stereocenters. The second kappa shape index (κ2) is 12.8. The fraction of sp³-hybridized carbons (Fsp3) is 0.559. The molecular weight excluding hydrogens is 640 g/mol. The normalized spacial score (nSPS) is 27.0. The van der Waals surface area contributed by atoms with E-state index in [0.717, 1.165) is 13.1 Å². The van der Waals surface area contributed by atoms with E-state index in [1.807, 2.05) is 13.8 Å². The lowest BCUT2D eigenvalue weighted by Crippen LogP contribution is -2.52. The van der Waals surface area contributed by atoms with Crippen molar-refractivity contribution >= 4 is 32.6 Å². The van der Waals surface area contributed by atoms with Gasteiger partial charge in [0.25, 0.3) is 11.5 Å². The van der Waals surface area contributed by atoms with Crippen LogP contribution in [0.2, 0.25) is 0 Å². The number of fused-ring (bicyclic) bond motifs is 8. The van der Waals surface area contributed by atoms with Crippen molar-refractivity contribution in [3.05, 3.63) is 63.2 Å². The van der Waals surface area contributed by atoms with Crippen LogP contribution < -0.4 is 16.2 Å². The summed E-state index contributed by atoms with van der Waals surface area (Å²) in [6.07, 6.45) is 0.656. The Bertz CT molecular complexity index is 1940. The van der Waals surface area contributed by atoms with Crippen LogP contribution in [-0.4, -0.2) is 70.9 Å². The van der Waals surface area contributed by atoms with Gasteiger partial charge in [0.05, 0.1) is 28.4 Å². The van der Waals surface area contributed by atoms with Crippen molar-refractivity contribution in [2.45, 2.75) is 82.8 Å². The van der Waals surface area contributed by atoms with Gasteiger partial charge in [0.1, 0.15) is 33.7 Å². The SMILES string of the molecule is Cc1nc2c3cc(C4(C#N)CCS(=O)(=O)CC4)c(=O)n(c3n1)CC(=O)NCCC(C)N1CC(CCC(F)(F)c3cccc(c3)[C@@H](C)N2)C1. The maximum atomic E-state index is 15.5. The molecule has 3 aromatic rings. The topological polar surface area (TPSA) is 150 Å². The van der Waals surface area contributed by atoms with E-state index >= 15 is 8.78 Å². The number of alkyl halides is 2. The molecular formula is C34H41F2N7O4S. The molecule has 0 aliphatic carbocycles. The molecule has 1 amide bonds. The van der Waals surface area contributed by atoms with E-state index in [-0.39, 0.29) is 66.0 Å². The molecule has 6 heterocycles. The lowest BCUT2D eigenvalue weighted by molar-refractivity contribution is -0.121. The number of sulfone groups is 1. The fourth-order valence-electron chi connectivity index (χ4n) is 7.09. The monoisotopic (exact) mass is 681 g/mol. The number of hydrogen-bond acceptors (Lipinski definition) is 9. The smallest absolute Gasteiger partial charge is 0.273 e. The minimum absolute atomic E-state index is 0.0586. The number of nitrogens with zero attached hydrogens (tertiary/aromatic N) is 5. The highest BCUT2D eigenvalue weighted by atomic mass is 32.2. The second-order valence-electron chi connectivity index (χ2n) is 13.7. The third-order valence-corrected chi connectivity index (χ3v) is 11.9. The first kappa shape index (κ1) is 33.9. The first-order valence-corrected chi connectivity index (χ1v) is 18.3. The summed E-state index contributed by atoms with van der Waals surface area (Å²) >= 11 is 0. The second-order valence-corrected chi connectivity index (χ2v) is 16.0. The molecule has 1 aromatic carbocycles. The van der Waals surface area contributed by atoms with Gasteiger partial charge in [0.2, 0.25) is 5.91 Å². The molecule has 48 heavy (non-hydrogen) atoms. The summed E-state index contributed by atoms with van der Waals surface area (Å²) in [6.45, 7) is 6.92. The molecule has 4 aliphatic heterocycles. The first-order chi connectivity index (χ1) is 22.7. The number of amides is 1. The highest BCUT2D eigenvalue weighted by molar-refractivity contribution is 7.91. The zero-order valence-corrected chi connectivity index (χ0v) is 28.2. The van der Waals surface area contributed by atoms with E-state index < -0.39 is 38.7 Å². The van der Waals surface area contributed by atoms with Gasteiger partial charge in [0.15, 0.2) is 0 Å². The van der Waals surface area contributed by atoms with Crippen LogP contribution in [0.15, 0.2) is 35.1 Å². The molecule has 11 nitrogen and oxygen atoms in total. The number of carbonyl (C=O) groups excluding carboxylic acids is 1. The van der Waals surface area contributed by atoms with Crippen molar-refractivity contribution in [3.8, 4) is 6.07 Å². The van der Waals surface area contributed by atoms with Gasteiger partial charge in [-0.1, -0.05) is 18.2 Å². The van der Waals surface area contributed by atoms with Gasteiger partial charge in [-0.15, -0.1) is 0 Å². The van der Waals surface area contributed by atoms with Gasteiger partial charge in [0, 0.05) is 49.3 Å². The number of aromatic nitrogens is 3. The Hall–Kier alpha value is -3.96. The number of benzene rings is 1. The largest absolute Gasteiger partial charge is 0.363 e. The van der Waals surface area contributed by atoms with Gasteiger partial charge >= 0.3 is 0 Å². The third-order valence-electron chi connectivity index (χ3n) is 10.3. The summed E-state index contributed by atoms with van der Waals surface area (Å²) in [7, 11) is -3.37. The molecule has 8 bridgehead atoms. The molecule has 2 saturated heterocycles. The van der Waals surface area contributed by atoms with E-state index in [1.54, 1.807) is 19.1 Å². The average Bonchev–Trinajstić information content (AvgIpc) is 3.02. The number of pyridine rings is 1. The van der Waals surface area contributed by atoms with Crippen LogP contribution >= 0.6 is 0 Å². The van der Waals surface area contributed by atoms with Gasteiger partial charge in [-0.2, -0.15) is 5.26 Å². The summed E-state index contributed by atoms with van der Waals surface area (Å²) in [5.74, 6) is -3.14. The number of nitriles is 1. The summed E-state index contributed by atoms with van der Waals surface area (Å²) in [5.41, 5.74) is -1.21. The average molecular weight is 682 g/mol. The van der Waals surface area contributed by atoms with Crippen LogP contribution in [0, 0.1) is 24.2 Å². The first-order valence-electron chi connectivity index (χ1n) is 16.5. The Morgan fingerprint density at radius 3 is 2.48 bits per heavy atom. The van der Waals surface area contributed by atoms with Crippen molar-refractivity contribution in [1.82, 2.24) is 24.8 Å². The van der Waals surface area contributed by atoms with Crippen molar-refractivity contribution in [2.24, 2.45) is 5.92 Å². The van der Waals surface area contributed by atoms with Gasteiger partial charge in [-0.05, 0) is 70.1 Å². The molecule has 256 valence electrons. The number of nitrogens with one attached hydrogen (secondary N) is 2. The third kappa shape index (κ3) is 6.67. The molecule has 7 rings (SSSR count). The number of hydrogen-bond donors (Lipinski definition) is 2. The quantitative estimate of drug-likeness (QED) is 0.389. The maximum Gasteiger partial charge on any atom is 0.273 e. The summed E-state index contributed by atoms with van der Waals surface area (Å²) in [4.78, 5) is 38.9. The molecule has 2 N–H and O–H groups in total. The highest BCUT2D eigenvalue weighted by Gasteiger charge is 2.42. The molecule has 2 atom stereocenters. The van der Waals surface area contributed by atoms with Crippen molar-refractivity contribution in [3.63, 3.8) is 0 Å². The molecule has 0 saturated carbocycles. The van der Waals surface area contributed by atoms with E-state index in [9.17, 15) is 23.3 Å². The summed E-state index contributed by atoms with van der Waals surface area (Å²) in [6, 6.07) is 9.72. The molecule has 0 radical (unpaired) electrons. The standard InChI is InChI=1S/C34H41F2N7O4S/c1-21-8-12-38-29(44)19-43-31-27(16-28(32(43)45)33(20-37)10-13-48(46,47)14-11-33)30(40-23(3)41-31)39-22(2)25-5-4-6-26(15-25)34(35,36)9-7-24-17-42(21)18-24/h4-6,15-16,21-22,24H,7-14,17-19H2,1-3H3,(H,38,44)(H,39,40,41)/t21?,22-/m1/s1. The maximum absolute atomic E-state index is 15.5. The van der Waals surface area contributed by atoms with E-state index in [4.69, 9.17) is 0 Å². The fourth-order valence-corrected chi connectivity index (χ4v) is 8.61. The van der Waals surface area contributed by atoms with Gasteiger partial charge in [-0.3, -0.25) is 19.1 Å². The van der Waals surface area contributed by atoms with Crippen LogP contribution in [-0.2, 0) is 32.5 Å².